The molecule has 21 heavy (non-hydrogen) atoms. The van der Waals surface area contributed by atoms with Crippen molar-refractivity contribution in [3.05, 3.63) is 23.8 Å². The third-order valence-electron chi connectivity index (χ3n) is 4.32. The summed E-state index contributed by atoms with van der Waals surface area (Å²) < 4.78 is 17.7. The molecule has 2 aliphatic heterocycles. The molecule has 4 nitrogen and oxygen atoms in total. The van der Waals surface area contributed by atoms with Crippen molar-refractivity contribution in [1.82, 2.24) is 5.32 Å². The topological polar surface area (TPSA) is 39.7 Å². The van der Waals surface area contributed by atoms with Crippen molar-refractivity contribution >= 4 is 0 Å². The van der Waals surface area contributed by atoms with Crippen molar-refractivity contribution in [2.45, 2.75) is 44.9 Å². The monoisotopic (exact) mass is 291 g/mol. The van der Waals surface area contributed by atoms with Gasteiger partial charge >= 0.3 is 0 Å². The van der Waals surface area contributed by atoms with Crippen LogP contribution in [0.4, 0.5) is 0 Å². The van der Waals surface area contributed by atoms with Crippen LogP contribution >= 0.6 is 0 Å². The first-order valence-electron chi connectivity index (χ1n) is 7.89. The molecule has 1 saturated heterocycles. The zero-order chi connectivity index (χ0) is 14.8. The van der Waals surface area contributed by atoms with Crippen LogP contribution in [0.25, 0.3) is 0 Å². The van der Waals surface area contributed by atoms with Gasteiger partial charge in [0.15, 0.2) is 11.5 Å². The highest BCUT2D eigenvalue weighted by molar-refractivity contribution is 5.44. The number of rotatable bonds is 3. The average molecular weight is 291 g/mol. The quantitative estimate of drug-likeness (QED) is 0.929. The lowest BCUT2D eigenvalue weighted by atomic mass is 9.99. The molecule has 1 fully saturated rings. The smallest absolute Gasteiger partial charge is 0.161 e. The molecular formula is C17H25NO3. The third-order valence-corrected chi connectivity index (χ3v) is 4.32. The second-order valence-corrected chi connectivity index (χ2v) is 6.26. The highest BCUT2D eigenvalue weighted by Crippen LogP contribution is 2.36. The highest BCUT2D eigenvalue weighted by atomic mass is 16.5. The largest absolute Gasteiger partial charge is 0.489 e. The third kappa shape index (κ3) is 3.16. The van der Waals surface area contributed by atoms with Gasteiger partial charge in [0.2, 0.25) is 0 Å². The van der Waals surface area contributed by atoms with E-state index in [9.17, 15) is 0 Å². The standard InChI is InChI=1S/C17H25NO3/c1-11-9-19-14-7-5-13(8-16(14)20-10-11)17(18-3)15-6-4-12(2)21-15/h5,7-8,11-12,15,17-18H,4,6,9-10H2,1-3H3. The van der Waals surface area contributed by atoms with Gasteiger partial charge in [0, 0.05) is 5.92 Å². The number of fused-ring (bicyclic) bond motifs is 1. The summed E-state index contributed by atoms with van der Waals surface area (Å²) >= 11 is 0. The zero-order valence-electron chi connectivity index (χ0n) is 13.1. The number of likely N-dealkylation sites (N-methyl/N-ethyl adjacent to an activating group) is 1. The Balaban J connectivity index is 1.81. The van der Waals surface area contributed by atoms with E-state index >= 15 is 0 Å². The summed E-state index contributed by atoms with van der Waals surface area (Å²) in [6.45, 7) is 5.70. The van der Waals surface area contributed by atoms with Crippen molar-refractivity contribution in [3.8, 4) is 11.5 Å². The van der Waals surface area contributed by atoms with Crippen LogP contribution in [-0.2, 0) is 4.74 Å². The first kappa shape index (κ1) is 14.7. The van der Waals surface area contributed by atoms with Crippen molar-refractivity contribution in [1.29, 1.82) is 0 Å². The molecule has 0 bridgehead atoms. The molecule has 1 aromatic rings. The van der Waals surface area contributed by atoms with E-state index in [4.69, 9.17) is 14.2 Å². The Morgan fingerprint density at radius 1 is 1.10 bits per heavy atom. The van der Waals surface area contributed by atoms with Gasteiger partial charge in [0.25, 0.3) is 0 Å². The first-order chi connectivity index (χ1) is 10.2. The summed E-state index contributed by atoms with van der Waals surface area (Å²) in [5.41, 5.74) is 1.20. The molecule has 4 heteroatoms. The predicted molar refractivity (Wildman–Crippen MR) is 82.0 cm³/mol. The molecule has 4 unspecified atom stereocenters. The van der Waals surface area contributed by atoms with Crippen LogP contribution in [0.5, 0.6) is 11.5 Å². The SMILES string of the molecule is CNC(c1ccc2c(c1)OCC(C)CO2)C1CCC(C)O1. The van der Waals surface area contributed by atoms with Crippen LogP contribution in [0, 0.1) is 5.92 Å². The van der Waals surface area contributed by atoms with Gasteiger partial charge < -0.3 is 19.5 Å². The summed E-state index contributed by atoms with van der Waals surface area (Å²) in [4.78, 5) is 0. The van der Waals surface area contributed by atoms with Gasteiger partial charge in [0.05, 0.1) is 31.5 Å². The van der Waals surface area contributed by atoms with Crippen LogP contribution in [0.3, 0.4) is 0 Å². The van der Waals surface area contributed by atoms with Gasteiger partial charge in [-0.3, -0.25) is 0 Å². The molecule has 0 radical (unpaired) electrons. The molecule has 0 spiro atoms. The van der Waals surface area contributed by atoms with Crippen LogP contribution in [0.2, 0.25) is 0 Å². The van der Waals surface area contributed by atoms with Gasteiger partial charge in [-0.15, -0.1) is 0 Å². The van der Waals surface area contributed by atoms with E-state index in [0.29, 0.717) is 25.2 Å². The van der Waals surface area contributed by atoms with Crippen molar-refractivity contribution < 1.29 is 14.2 Å². The zero-order valence-corrected chi connectivity index (χ0v) is 13.1. The molecule has 0 aliphatic carbocycles. The van der Waals surface area contributed by atoms with Gasteiger partial charge in [-0.05, 0) is 44.5 Å². The minimum atomic E-state index is 0.199. The van der Waals surface area contributed by atoms with Crippen molar-refractivity contribution in [3.63, 3.8) is 0 Å². The number of hydrogen-bond acceptors (Lipinski definition) is 4. The molecule has 2 heterocycles. The fourth-order valence-corrected chi connectivity index (χ4v) is 3.11. The Morgan fingerprint density at radius 3 is 2.52 bits per heavy atom. The lowest BCUT2D eigenvalue weighted by molar-refractivity contribution is 0.0332. The van der Waals surface area contributed by atoms with E-state index in [1.807, 2.05) is 13.1 Å². The summed E-state index contributed by atoms with van der Waals surface area (Å²) in [5, 5.41) is 3.39. The van der Waals surface area contributed by atoms with Crippen LogP contribution < -0.4 is 14.8 Å². The molecule has 0 amide bonds. The summed E-state index contributed by atoms with van der Waals surface area (Å²) in [5.74, 6) is 2.11. The van der Waals surface area contributed by atoms with Crippen LogP contribution in [0.15, 0.2) is 18.2 Å². The lowest BCUT2D eigenvalue weighted by Crippen LogP contribution is -2.29. The Morgan fingerprint density at radius 2 is 1.86 bits per heavy atom. The van der Waals surface area contributed by atoms with Gasteiger partial charge in [-0.1, -0.05) is 13.0 Å². The lowest BCUT2D eigenvalue weighted by Gasteiger charge is -2.24. The maximum atomic E-state index is 6.02. The van der Waals surface area contributed by atoms with E-state index in [1.165, 1.54) is 5.56 Å². The Kier molecular flexibility index (Phi) is 4.36. The number of hydrogen-bond donors (Lipinski definition) is 1. The Hall–Kier alpha value is -1.26. The predicted octanol–water partition coefficient (Wildman–Crippen LogP) is 2.92. The molecule has 2 aliphatic rings. The van der Waals surface area contributed by atoms with E-state index in [-0.39, 0.29) is 12.1 Å². The van der Waals surface area contributed by atoms with Crippen molar-refractivity contribution in [2.24, 2.45) is 5.92 Å². The molecule has 0 aromatic heterocycles. The van der Waals surface area contributed by atoms with E-state index in [1.54, 1.807) is 0 Å². The van der Waals surface area contributed by atoms with Gasteiger partial charge in [-0.2, -0.15) is 0 Å². The second-order valence-electron chi connectivity index (χ2n) is 6.26. The first-order valence-corrected chi connectivity index (χ1v) is 7.89. The van der Waals surface area contributed by atoms with Crippen molar-refractivity contribution in [2.75, 3.05) is 20.3 Å². The minimum Gasteiger partial charge on any atom is -0.489 e. The fraction of sp³-hybridized carbons (Fsp3) is 0.647. The second kappa shape index (κ2) is 6.24. The number of benzene rings is 1. The van der Waals surface area contributed by atoms with E-state index in [0.717, 1.165) is 24.3 Å². The van der Waals surface area contributed by atoms with E-state index < -0.39 is 0 Å². The molecule has 3 rings (SSSR count). The van der Waals surface area contributed by atoms with Gasteiger partial charge in [-0.25, -0.2) is 0 Å². The molecule has 116 valence electrons. The molecule has 1 N–H and O–H groups in total. The summed E-state index contributed by atoms with van der Waals surface area (Å²) in [6.07, 6.45) is 2.81. The Bertz CT molecular complexity index is 491. The highest BCUT2D eigenvalue weighted by Gasteiger charge is 2.30. The summed E-state index contributed by atoms with van der Waals surface area (Å²) in [6, 6.07) is 6.43. The number of ether oxygens (including phenoxy) is 3. The summed E-state index contributed by atoms with van der Waals surface area (Å²) in [7, 11) is 1.99. The van der Waals surface area contributed by atoms with Gasteiger partial charge in [0.1, 0.15) is 0 Å². The Labute approximate surface area is 126 Å². The molecule has 1 aromatic carbocycles. The normalized spacial score (nSPS) is 30.0. The average Bonchev–Trinajstić information content (AvgIpc) is 2.81. The maximum absolute atomic E-state index is 6.02. The van der Waals surface area contributed by atoms with Crippen LogP contribution in [-0.4, -0.2) is 32.5 Å². The molecule has 4 atom stereocenters. The molecular weight excluding hydrogens is 266 g/mol. The maximum Gasteiger partial charge on any atom is 0.161 e. The minimum absolute atomic E-state index is 0.199. The molecule has 0 saturated carbocycles. The fourth-order valence-electron chi connectivity index (χ4n) is 3.11. The number of nitrogens with one attached hydrogen (secondary N) is 1. The van der Waals surface area contributed by atoms with E-state index in [2.05, 4.69) is 31.3 Å². The van der Waals surface area contributed by atoms with Crippen LogP contribution in [0.1, 0.15) is 38.3 Å².